The van der Waals surface area contributed by atoms with Gasteiger partial charge < -0.3 is 15.0 Å². The van der Waals surface area contributed by atoms with Crippen molar-refractivity contribution in [3.63, 3.8) is 0 Å². The number of aryl methyl sites for hydroxylation is 3. The molecule has 3 rings (SSSR count). The topological polar surface area (TPSA) is 88.4 Å². The molecular formula is C19H22N4O3. The van der Waals surface area contributed by atoms with Crippen LogP contribution >= 0.6 is 0 Å². The van der Waals surface area contributed by atoms with E-state index < -0.39 is 5.91 Å². The number of aliphatic hydroxyl groups is 1. The summed E-state index contributed by atoms with van der Waals surface area (Å²) in [6.07, 6.45) is 1.69. The fourth-order valence-electron chi connectivity index (χ4n) is 2.93. The minimum absolute atomic E-state index is 0.0224. The predicted octanol–water partition coefficient (Wildman–Crippen LogP) is 2.59. The monoisotopic (exact) mass is 354 g/mol. The van der Waals surface area contributed by atoms with Gasteiger partial charge >= 0.3 is 0 Å². The second-order valence-electron chi connectivity index (χ2n) is 6.10. The summed E-state index contributed by atoms with van der Waals surface area (Å²) in [4.78, 5) is 22.1. The second kappa shape index (κ2) is 7.55. The Morgan fingerprint density at radius 3 is 2.85 bits per heavy atom. The number of aliphatic hydroxyl groups excluding tert-OH is 1. The molecule has 0 aliphatic rings. The van der Waals surface area contributed by atoms with E-state index in [0.29, 0.717) is 22.4 Å². The highest BCUT2D eigenvalue weighted by Crippen LogP contribution is 2.31. The number of hydrogen-bond acceptors (Lipinski definition) is 5. The summed E-state index contributed by atoms with van der Waals surface area (Å²) < 4.78 is 1.84. The number of aromatic nitrogens is 2. The van der Waals surface area contributed by atoms with Crippen molar-refractivity contribution >= 4 is 28.4 Å². The maximum Gasteiger partial charge on any atom is 0.279 e. The van der Waals surface area contributed by atoms with Crippen LogP contribution in [0, 0.1) is 13.8 Å². The lowest BCUT2D eigenvalue weighted by Crippen LogP contribution is -2.25. The standard InChI is InChI=1S/C19H22N4O3/c1-12-6-7-15(13(2)11-12)21-18-16(19(25)22-26-10-9-24)14-5-4-8-20-17(14)23(18)3/h4-8,11,21,24H,9-10H2,1-3H3,(H,22,25). The van der Waals surface area contributed by atoms with Crippen LogP contribution in [-0.4, -0.2) is 33.8 Å². The van der Waals surface area contributed by atoms with Gasteiger partial charge in [0.15, 0.2) is 0 Å². The molecule has 7 nitrogen and oxygen atoms in total. The largest absolute Gasteiger partial charge is 0.394 e. The maximum atomic E-state index is 12.7. The zero-order valence-electron chi connectivity index (χ0n) is 15.0. The Hall–Kier alpha value is -2.90. The molecule has 0 aliphatic carbocycles. The molecule has 0 atom stereocenters. The van der Waals surface area contributed by atoms with Gasteiger partial charge in [0, 0.05) is 24.3 Å². The number of anilines is 2. The number of hydroxylamine groups is 1. The van der Waals surface area contributed by atoms with E-state index in [2.05, 4.69) is 21.8 Å². The molecule has 1 aromatic carbocycles. The Morgan fingerprint density at radius 1 is 1.31 bits per heavy atom. The number of carbonyl (C=O) groups is 1. The highest BCUT2D eigenvalue weighted by atomic mass is 16.7. The Morgan fingerprint density at radius 2 is 2.12 bits per heavy atom. The van der Waals surface area contributed by atoms with Gasteiger partial charge in [-0.2, -0.15) is 0 Å². The lowest BCUT2D eigenvalue weighted by molar-refractivity contribution is 0.0170. The summed E-state index contributed by atoms with van der Waals surface area (Å²) in [7, 11) is 1.85. The average molecular weight is 354 g/mol. The Labute approximate surface area is 151 Å². The van der Waals surface area contributed by atoms with E-state index in [-0.39, 0.29) is 13.2 Å². The minimum atomic E-state index is -0.399. The number of fused-ring (bicyclic) bond motifs is 1. The van der Waals surface area contributed by atoms with Crippen molar-refractivity contribution in [2.45, 2.75) is 13.8 Å². The van der Waals surface area contributed by atoms with Crippen molar-refractivity contribution < 1.29 is 14.7 Å². The van der Waals surface area contributed by atoms with E-state index in [0.717, 1.165) is 11.3 Å². The van der Waals surface area contributed by atoms with Crippen LogP contribution in [0.1, 0.15) is 21.5 Å². The SMILES string of the molecule is Cc1ccc(Nc2c(C(=O)NOCCO)c3cccnc3n2C)c(C)c1. The lowest BCUT2D eigenvalue weighted by atomic mass is 10.1. The molecular weight excluding hydrogens is 332 g/mol. The summed E-state index contributed by atoms with van der Waals surface area (Å²) >= 11 is 0. The molecule has 0 bridgehead atoms. The van der Waals surface area contributed by atoms with Gasteiger partial charge in [-0.3, -0.25) is 9.63 Å². The summed E-state index contributed by atoms with van der Waals surface area (Å²) in [6, 6.07) is 9.71. The Bertz CT molecular complexity index is 949. The fourth-order valence-corrected chi connectivity index (χ4v) is 2.93. The number of pyridine rings is 1. The van der Waals surface area contributed by atoms with Crippen molar-refractivity contribution in [1.29, 1.82) is 0 Å². The molecule has 0 unspecified atom stereocenters. The molecule has 2 aromatic heterocycles. The molecule has 26 heavy (non-hydrogen) atoms. The highest BCUT2D eigenvalue weighted by molar-refractivity contribution is 6.11. The third kappa shape index (κ3) is 3.40. The van der Waals surface area contributed by atoms with E-state index in [1.54, 1.807) is 12.3 Å². The molecule has 1 amide bonds. The number of nitrogens with zero attached hydrogens (tertiary/aromatic N) is 2. The third-order valence-electron chi connectivity index (χ3n) is 4.17. The van der Waals surface area contributed by atoms with Crippen LogP contribution in [0.2, 0.25) is 0 Å². The van der Waals surface area contributed by atoms with Gasteiger partial charge in [0.05, 0.1) is 18.8 Å². The normalized spacial score (nSPS) is 10.9. The van der Waals surface area contributed by atoms with Crippen LogP contribution in [0.5, 0.6) is 0 Å². The fraction of sp³-hybridized carbons (Fsp3) is 0.263. The van der Waals surface area contributed by atoms with E-state index in [9.17, 15) is 4.79 Å². The van der Waals surface area contributed by atoms with Crippen molar-refractivity contribution in [2.24, 2.45) is 7.05 Å². The van der Waals surface area contributed by atoms with Gasteiger partial charge in [-0.25, -0.2) is 10.5 Å². The van der Waals surface area contributed by atoms with E-state index in [4.69, 9.17) is 9.94 Å². The molecule has 0 radical (unpaired) electrons. The Kier molecular flexibility index (Phi) is 5.20. The predicted molar refractivity (Wildman–Crippen MR) is 100 cm³/mol. The summed E-state index contributed by atoms with van der Waals surface area (Å²) in [5, 5.41) is 12.9. The molecule has 7 heteroatoms. The quantitative estimate of drug-likeness (QED) is 0.468. The first-order valence-corrected chi connectivity index (χ1v) is 8.33. The number of amides is 1. The van der Waals surface area contributed by atoms with Gasteiger partial charge in [-0.1, -0.05) is 17.7 Å². The number of benzene rings is 1. The van der Waals surface area contributed by atoms with E-state index in [1.165, 1.54) is 5.56 Å². The van der Waals surface area contributed by atoms with Gasteiger partial charge in [0.2, 0.25) is 0 Å². The molecule has 0 saturated heterocycles. The number of carbonyl (C=O) groups excluding carboxylic acids is 1. The smallest absolute Gasteiger partial charge is 0.279 e. The van der Waals surface area contributed by atoms with E-state index in [1.807, 2.05) is 43.7 Å². The van der Waals surface area contributed by atoms with E-state index >= 15 is 0 Å². The number of rotatable bonds is 6. The summed E-state index contributed by atoms with van der Waals surface area (Å²) in [6.45, 7) is 3.90. The van der Waals surface area contributed by atoms with Crippen LogP contribution in [0.4, 0.5) is 11.5 Å². The molecule has 136 valence electrons. The maximum absolute atomic E-state index is 12.7. The average Bonchev–Trinajstić information content (AvgIpc) is 2.90. The van der Waals surface area contributed by atoms with Crippen molar-refractivity contribution in [3.05, 3.63) is 53.2 Å². The molecule has 0 fully saturated rings. The van der Waals surface area contributed by atoms with Crippen LogP contribution in [0.25, 0.3) is 11.0 Å². The number of nitrogens with one attached hydrogen (secondary N) is 2. The molecule has 3 N–H and O–H groups in total. The molecule has 0 aliphatic heterocycles. The van der Waals surface area contributed by atoms with Crippen LogP contribution in [0.3, 0.4) is 0 Å². The minimum Gasteiger partial charge on any atom is -0.394 e. The van der Waals surface area contributed by atoms with Crippen molar-refractivity contribution in [3.8, 4) is 0 Å². The first kappa shape index (κ1) is 17.9. The zero-order valence-corrected chi connectivity index (χ0v) is 15.0. The van der Waals surface area contributed by atoms with Gasteiger partial charge in [-0.05, 0) is 37.6 Å². The number of hydrogen-bond donors (Lipinski definition) is 3. The van der Waals surface area contributed by atoms with Gasteiger partial charge in [-0.15, -0.1) is 0 Å². The zero-order chi connectivity index (χ0) is 18.7. The van der Waals surface area contributed by atoms with Crippen molar-refractivity contribution in [1.82, 2.24) is 15.0 Å². The molecule has 0 saturated carbocycles. The third-order valence-corrected chi connectivity index (χ3v) is 4.17. The van der Waals surface area contributed by atoms with Crippen LogP contribution < -0.4 is 10.8 Å². The lowest BCUT2D eigenvalue weighted by Gasteiger charge is -2.13. The van der Waals surface area contributed by atoms with Crippen LogP contribution in [0.15, 0.2) is 36.5 Å². The first-order valence-electron chi connectivity index (χ1n) is 8.33. The molecule has 3 aromatic rings. The second-order valence-corrected chi connectivity index (χ2v) is 6.10. The molecule has 0 spiro atoms. The first-order chi connectivity index (χ1) is 12.5. The molecule has 2 heterocycles. The Balaban J connectivity index is 2.06. The van der Waals surface area contributed by atoms with Crippen LogP contribution in [-0.2, 0) is 11.9 Å². The van der Waals surface area contributed by atoms with Gasteiger partial charge in [0.1, 0.15) is 11.5 Å². The summed E-state index contributed by atoms with van der Waals surface area (Å²) in [5.74, 6) is 0.222. The summed E-state index contributed by atoms with van der Waals surface area (Å²) in [5.41, 5.74) is 6.65. The van der Waals surface area contributed by atoms with Gasteiger partial charge in [0.25, 0.3) is 5.91 Å². The highest BCUT2D eigenvalue weighted by Gasteiger charge is 2.22. The van der Waals surface area contributed by atoms with Crippen molar-refractivity contribution in [2.75, 3.05) is 18.5 Å².